The van der Waals surface area contributed by atoms with Crippen molar-refractivity contribution in [3.63, 3.8) is 0 Å². The number of carbonyl (C=O) groups excluding carboxylic acids is 1. The van der Waals surface area contributed by atoms with E-state index in [0.29, 0.717) is 30.0 Å². The molecule has 0 radical (unpaired) electrons. The first-order chi connectivity index (χ1) is 16.6. The maximum absolute atomic E-state index is 13.9. The first kappa shape index (κ1) is 24.3. The number of hydrogen-bond donors (Lipinski definition) is 2. The van der Waals surface area contributed by atoms with E-state index in [2.05, 4.69) is 20.6 Å². The van der Waals surface area contributed by atoms with Crippen molar-refractivity contribution in [3.8, 4) is 10.6 Å². The molecule has 2 aliphatic heterocycles. The van der Waals surface area contributed by atoms with E-state index in [1.165, 1.54) is 10.4 Å². The summed E-state index contributed by atoms with van der Waals surface area (Å²) in [5.74, 6) is -0.339. The SMILES string of the molecule is CN1CCC(=O)c2cc(-c3nc(Nc4cc5c(cc4Cl)CNCC5)ncc3C(F)(F)F)sc2S1=O. The molecule has 1 aromatic carbocycles. The number of Topliss-reactive ketones (excluding diaryl/α,β-unsaturated/α-hetero) is 1. The molecule has 3 aromatic rings. The summed E-state index contributed by atoms with van der Waals surface area (Å²) in [6.45, 7) is 1.80. The highest BCUT2D eigenvalue weighted by atomic mass is 35.5. The molecule has 0 aliphatic carbocycles. The Hall–Kier alpha value is -2.38. The molecule has 2 aromatic heterocycles. The van der Waals surface area contributed by atoms with Crippen LogP contribution in [0.4, 0.5) is 24.8 Å². The van der Waals surface area contributed by atoms with Gasteiger partial charge in [0, 0.05) is 38.3 Å². The first-order valence-electron chi connectivity index (χ1n) is 10.7. The number of carbonyl (C=O) groups is 1. The van der Waals surface area contributed by atoms with Crippen LogP contribution in [0.3, 0.4) is 0 Å². The fraction of sp³-hybridized carbons (Fsp3) is 0.318. The summed E-state index contributed by atoms with van der Waals surface area (Å²) in [5.41, 5.74) is 1.35. The summed E-state index contributed by atoms with van der Waals surface area (Å²) in [7, 11) is -0.0506. The summed E-state index contributed by atoms with van der Waals surface area (Å²) >= 11 is 7.27. The quantitative estimate of drug-likeness (QED) is 0.495. The molecule has 5 rings (SSSR count). The third-order valence-corrected chi connectivity index (χ3v) is 9.06. The van der Waals surface area contributed by atoms with Crippen molar-refractivity contribution in [3.05, 3.63) is 51.7 Å². The van der Waals surface area contributed by atoms with Crippen molar-refractivity contribution in [1.29, 1.82) is 0 Å². The molecule has 35 heavy (non-hydrogen) atoms. The minimum absolute atomic E-state index is 0.0723. The molecule has 0 saturated carbocycles. The Morgan fingerprint density at radius 1 is 1.23 bits per heavy atom. The molecular weight excluding hydrogens is 523 g/mol. The molecule has 1 unspecified atom stereocenters. The Morgan fingerprint density at radius 3 is 2.80 bits per heavy atom. The molecular formula is C22H19ClF3N5O2S2. The van der Waals surface area contributed by atoms with Crippen molar-refractivity contribution >= 4 is 51.3 Å². The Bertz CT molecular complexity index is 1360. The van der Waals surface area contributed by atoms with E-state index in [1.807, 2.05) is 12.1 Å². The second-order valence-electron chi connectivity index (χ2n) is 8.19. The van der Waals surface area contributed by atoms with E-state index in [1.54, 1.807) is 7.05 Å². The van der Waals surface area contributed by atoms with Gasteiger partial charge in [-0.15, -0.1) is 11.3 Å². The zero-order chi connectivity index (χ0) is 24.9. The molecule has 2 aliphatic rings. The van der Waals surface area contributed by atoms with Gasteiger partial charge >= 0.3 is 6.18 Å². The number of hydrogen-bond acceptors (Lipinski definition) is 7. The zero-order valence-electron chi connectivity index (χ0n) is 18.3. The van der Waals surface area contributed by atoms with Gasteiger partial charge in [0.25, 0.3) is 0 Å². The van der Waals surface area contributed by atoms with Crippen LogP contribution in [0.2, 0.25) is 5.02 Å². The van der Waals surface area contributed by atoms with Crippen molar-refractivity contribution in [2.75, 3.05) is 25.5 Å². The summed E-state index contributed by atoms with van der Waals surface area (Å²) in [6.07, 6.45) is -3.11. The molecule has 184 valence electrons. The molecule has 1 atom stereocenters. The molecule has 0 spiro atoms. The van der Waals surface area contributed by atoms with E-state index >= 15 is 0 Å². The van der Waals surface area contributed by atoms with Crippen molar-refractivity contribution in [1.82, 2.24) is 19.6 Å². The van der Waals surface area contributed by atoms with Crippen LogP contribution in [-0.4, -0.2) is 44.4 Å². The van der Waals surface area contributed by atoms with Crippen LogP contribution >= 0.6 is 22.9 Å². The van der Waals surface area contributed by atoms with Gasteiger partial charge in [-0.1, -0.05) is 11.6 Å². The predicted octanol–water partition coefficient (Wildman–Crippen LogP) is 4.81. The fourth-order valence-electron chi connectivity index (χ4n) is 3.99. The van der Waals surface area contributed by atoms with Crippen LogP contribution in [0.15, 0.2) is 28.6 Å². The molecule has 7 nitrogen and oxygen atoms in total. The van der Waals surface area contributed by atoms with Crippen LogP contribution in [-0.2, 0) is 30.1 Å². The van der Waals surface area contributed by atoms with Crippen LogP contribution < -0.4 is 10.6 Å². The van der Waals surface area contributed by atoms with E-state index < -0.39 is 22.7 Å². The lowest BCUT2D eigenvalue weighted by Gasteiger charge is -2.19. The number of benzene rings is 1. The number of rotatable bonds is 3. The summed E-state index contributed by atoms with van der Waals surface area (Å²) in [5, 5.41) is 6.59. The van der Waals surface area contributed by atoms with Gasteiger partial charge in [0.1, 0.15) is 20.8 Å². The largest absolute Gasteiger partial charge is 0.420 e. The summed E-state index contributed by atoms with van der Waals surface area (Å²) < 4.78 is 56.0. The Labute approximate surface area is 210 Å². The highest BCUT2D eigenvalue weighted by molar-refractivity contribution is 7.85. The Balaban J connectivity index is 1.58. The average molecular weight is 542 g/mol. The topological polar surface area (TPSA) is 87.2 Å². The molecule has 0 bridgehead atoms. The third kappa shape index (κ3) is 4.73. The number of halogens is 4. The van der Waals surface area contributed by atoms with Gasteiger partial charge in [-0.25, -0.2) is 18.5 Å². The average Bonchev–Trinajstić information content (AvgIpc) is 3.23. The van der Waals surface area contributed by atoms with Gasteiger partial charge < -0.3 is 10.6 Å². The lowest BCUT2D eigenvalue weighted by molar-refractivity contribution is -0.137. The van der Waals surface area contributed by atoms with Gasteiger partial charge in [-0.05, 0) is 42.3 Å². The van der Waals surface area contributed by atoms with Crippen LogP contribution in [0.5, 0.6) is 0 Å². The van der Waals surface area contributed by atoms with Gasteiger partial charge in [-0.3, -0.25) is 4.79 Å². The van der Waals surface area contributed by atoms with E-state index in [-0.39, 0.29) is 38.5 Å². The van der Waals surface area contributed by atoms with Crippen LogP contribution in [0.25, 0.3) is 10.6 Å². The number of fused-ring (bicyclic) bond motifs is 2. The molecule has 0 saturated heterocycles. The van der Waals surface area contributed by atoms with Crippen molar-refractivity contribution in [2.45, 2.75) is 29.8 Å². The minimum atomic E-state index is -4.73. The van der Waals surface area contributed by atoms with Crippen molar-refractivity contribution in [2.24, 2.45) is 0 Å². The van der Waals surface area contributed by atoms with Gasteiger partial charge in [0.2, 0.25) is 5.95 Å². The molecule has 0 fully saturated rings. The molecule has 13 heteroatoms. The monoisotopic (exact) mass is 541 g/mol. The minimum Gasteiger partial charge on any atom is -0.323 e. The number of ketones is 1. The predicted molar refractivity (Wildman–Crippen MR) is 128 cm³/mol. The number of anilines is 2. The van der Waals surface area contributed by atoms with Gasteiger partial charge in [0.05, 0.1) is 21.3 Å². The summed E-state index contributed by atoms with van der Waals surface area (Å²) in [6, 6.07) is 5.01. The van der Waals surface area contributed by atoms with E-state index in [9.17, 15) is 22.2 Å². The number of alkyl halides is 3. The lowest BCUT2D eigenvalue weighted by atomic mass is 10.0. The lowest BCUT2D eigenvalue weighted by Crippen LogP contribution is -2.23. The van der Waals surface area contributed by atoms with Crippen molar-refractivity contribution < 1.29 is 22.2 Å². The molecule has 0 amide bonds. The standard InChI is InChI=1S/C22H19ClF3N5O2S2/c1-31-5-3-17(32)13-8-18(34-20(13)35(31)33)19-14(22(24,25)26)10-28-21(30-19)29-16-7-11-2-4-27-9-12(11)6-15(16)23/h6-8,10,27H,2-5,9H2,1H3,(H,28,29,30). The fourth-order valence-corrected chi connectivity index (χ4v) is 6.97. The highest BCUT2D eigenvalue weighted by Crippen LogP contribution is 2.42. The Morgan fingerprint density at radius 2 is 2.03 bits per heavy atom. The maximum atomic E-state index is 13.9. The number of thiophene rings is 1. The number of nitrogens with zero attached hydrogens (tertiary/aromatic N) is 3. The number of aromatic nitrogens is 2. The van der Waals surface area contributed by atoms with Crippen LogP contribution in [0.1, 0.15) is 33.5 Å². The Kier molecular flexibility index (Phi) is 6.43. The molecule has 4 heterocycles. The van der Waals surface area contributed by atoms with E-state index in [0.717, 1.165) is 35.4 Å². The second kappa shape index (κ2) is 9.25. The highest BCUT2D eigenvalue weighted by Gasteiger charge is 2.37. The smallest absolute Gasteiger partial charge is 0.323 e. The van der Waals surface area contributed by atoms with E-state index in [4.69, 9.17) is 11.6 Å². The third-order valence-electron chi connectivity index (χ3n) is 5.84. The normalized spacial score (nSPS) is 18.7. The summed E-state index contributed by atoms with van der Waals surface area (Å²) in [4.78, 5) is 20.7. The molecule has 2 N–H and O–H groups in total. The number of nitrogens with one attached hydrogen (secondary N) is 2. The van der Waals surface area contributed by atoms with Gasteiger partial charge in [-0.2, -0.15) is 13.2 Å². The maximum Gasteiger partial charge on any atom is 0.420 e. The second-order valence-corrected chi connectivity index (χ2v) is 11.4. The zero-order valence-corrected chi connectivity index (χ0v) is 20.7. The van der Waals surface area contributed by atoms with Crippen LogP contribution in [0, 0.1) is 0 Å². The van der Waals surface area contributed by atoms with Gasteiger partial charge in [0.15, 0.2) is 5.78 Å². The first-order valence-corrected chi connectivity index (χ1v) is 13.0.